The normalized spacial score (nSPS) is 32.8. The number of aliphatic hydroxyl groups excluding tert-OH is 2. The van der Waals surface area contributed by atoms with Gasteiger partial charge in [-0.05, 0) is 38.5 Å². The lowest BCUT2D eigenvalue weighted by Crippen LogP contribution is -2.36. The Morgan fingerprint density at radius 2 is 1.95 bits per heavy atom. The Bertz CT molecular complexity index is 246. The Hall–Kier alpha value is -0.160. The summed E-state index contributed by atoms with van der Waals surface area (Å²) in [5.41, 5.74) is 0. The molecule has 0 bridgehead atoms. The van der Waals surface area contributed by atoms with Crippen molar-refractivity contribution in [3.63, 3.8) is 0 Å². The number of hydrogen-bond donors (Lipinski definition) is 2. The molecular weight excluding hydrogens is 244 g/mol. The Labute approximate surface area is 117 Å². The Balaban J connectivity index is 2.34. The van der Waals surface area contributed by atoms with E-state index in [1.807, 2.05) is 13.8 Å². The molecule has 114 valence electrons. The fraction of sp³-hybridized carbons (Fsp3) is 1.00. The van der Waals surface area contributed by atoms with Gasteiger partial charge in [0.25, 0.3) is 0 Å². The molecule has 1 aliphatic rings. The summed E-state index contributed by atoms with van der Waals surface area (Å²) in [4.78, 5) is 0. The molecule has 4 nitrogen and oxygen atoms in total. The van der Waals surface area contributed by atoms with Crippen LogP contribution >= 0.6 is 0 Å². The second kappa shape index (κ2) is 8.20. The van der Waals surface area contributed by atoms with Gasteiger partial charge in [0.15, 0.2) is 0 Å². The highest BCUT2D eigenvalue weighted by molar-refractivity contribution is 4.78. The van der Waals surface area contributed by atoms with Gasteiger partial charge in [-0.2, -0.15) is 0 Å². The van der Waals surface area contributed by atoms with Gasteiger partial charge in [-0.25, -0.2) is 0 Å². The van der Waals surface area contributed by atoms with E-state index in [9.17, 15) is 5.11 Å². The van der Waals surface area contributed by atoms with Crippen LogP contribution in [0.25, 0.3) is 0 Å². The van der Waals surface area contributed by atoms with E-state index in [0.717, 1.165) is 25.7 Å². The summed E-state index contributed by atoms with van der Waals surface area (Å²) in [5, 5.41) is 19.1. The van der Waals surface area contributed by atoms with Crippen molar-refractivity contribution in [2.75, 3.05) is 13.7 Å². The smallest absolute Gasteiger partial charge is 0.0620 e. The van der Waals surface area contributed by atoms with Gasteiger partial charge >= 0.3 is 0 Å². The average Bonchev–Trinajstić information content (AvgIpc) is 2.42. The molecule has 1 saturated heterocycles. The van der Waals surface area contributed by atoms with E-state index in [-0.39, 0.29) is 30.7 Å². The van der Waals surface area contributed by atoms with Crippen molar-refractivity contribution < 1.29 is 19.7 Å². The summed E-state index contributed by atoms with van der Waals surface area (Å²) >= 11 is 0. The topological polar surface area (TPSA) is 58.9 Å². The molecule has 1 heterocycles. The van der Waals surface area contributed by atoms with Gasteiger partial charge in [0.05, 0.1) is 24.4 Å². The van der Waals surface area contributed by atoms with Gasteiger partial charge in [-0.3, -0.25) is 0 Å². The highest BCUT2D eigenvalue weighted by atomic mass is 16.5. The second-order valence-corrected chi connectivity index (χ2v) is 6.10. The molecule has 0 amide bonds. The first kappa shape index (κ1) is 16.9. The molecule has 1 aliphatic heterocycles. The van der Waals surface area contributed by atoms with Crippen LogP contribution in [0.15, 0.2) is 0 Å². The van der Waals surface area contributed by atoms with Gasteiger partial charge < -0.3 is 19.7 Å². The molecule has 0 saturated carbocycles. The SMILES string of the molecule is CO[C@H]1C[C@H](CC[C@H](C)[C@H](O)[C@H](C)CO)O[C@@H](C)C1. The van der Waals surface area contributed by atoms with Crippen LogP contribution in [0.5, 0.6) is 0 Å². The molecule has 0 aromatic carbocycles. The molecule has 0 radical (unpaired) electrons. The molecule has 4 heteroatoms. The highest BCUT2D eigenvalue weighted by Crippen LogP contribution is 2.27. The summed E-state index contributed by atoms with van der Waals surface area (Å²) in [5.74, 6) is 0.122. The maximum Gasteiger partial charge on any atom is 0.0620 e. The quantitative estimate of drug-likeness (QED) is 0.745. The Morgan fingerprint density at radius 1 is 1.26 bits per heavy atom. The van der Waals surface area contributed by atoms with Crippen molar-refractivity contribution in [3.05, 3.63) is 0 Å². The summed E-state index contributed by atoms with van der Waals surface area (Å²) in [6.07, 6.45) is 4.11. The lowest BCUT2D eigenvalue weighted by Gasteiger charge is -2.34. The van der Waals surface area contributed by atoms with E-state index in [1.165, 1.54) is 0 Å². The minimum atomic E-state index is -0.441. The molecule has 0 aromatic heterocycles. The first-order valence-corrected chi connectivity index (χ1v) is 7.45. The first-order valence-electron chi connectivity index (χ1n) is 7.45. The highest BCUT2D eigenvalue weighted by Gasteiger charge is 2.28. The van der Waals surface area contributed by atoms with Crippen LogP contribution in [-0.4, -0.2) is 48.3 Å². The summed E-state index contributed by atoms with van der Waals surface area (Å²) in [6.45, 7) is 6.04. The van der Waals surface area contributed by atoms with Crippen LogP contribution in [0.1, 0.15) is 46.5 Å². The predicted octanol–water partition coefficient (Wildman–Crippen LogP) is 1.97. The van der Waals surface area contributed by atoms with Crippen molar-refractivity contribution >= 4 is 0 Å². The van der Waals surface area contributed by atoms with E-state index >= 15 is 0 Å². The Kier molecular flexibility index (Phi) is 7.29. The number of ether oxygens (including phenoxy) is 2. The number of hydrogen-bond acceptors (Lipinski definition) is 4. The van der Waals surface area contributed by atoms with Crippen LogP contribution in [0.2, 0.25) is 0 Å². The maximum absolute atomic E-state index is 10.0. The van der Waals surface area contributed by atoms with Crippen molar-refractivity contribution in [1.82, 2.24) is 0 Å². The molecule has 0 unspecified atom stereocenters. The van der Waals surface area contributed by atoms with Crippen LogP contribution in [0, 0.1) is 11.8 Å². The molecule has 2 N–H and O–H groups in total. The van der Waals surface area contributed by atoms with Crippen LogP contribution in [0.4, 0.5) is 0 Å². The third-order valence-corrected chi connectivity index (χ3v) is 4.28. The van der Waals surface area contributed by atoms with Crippen molar-refractivity contribution in [2.45, 2.75) is 70.9 Å². The first-order chi connectivity index (χ1) is 8.97. The maximum atomic E-state index is 10.0. The lowest BCUT2D eigenvalue weighted by molar-refractivity contribution is -0.103. The zero-order chi connectivity index (χ0) is 14.4. The van der Waals surface area contributed by atoms with Crippen LogP contribution in [-0.2, 0) is 9.47 Å². The fourth-order valence-corrected chi connectivity index (χ4v) is 2.87. The molecule has 0 spiro atoms. The number of rotatable bonds is 7. The van der Waals surface area contributed by atoms with Crippen molar-refractivity contribution in [1.29, 1.82) is 0 Å². The van der Waals surface area contributed by atoms with E-state index in [4.69, 9.17) is 14.6 Å². The van der Waals surface area contributed by atoms with Gasteiger partial charge in [-0.1, -0.05) is 13.8 Å². The zero-order valence-corrected chi connectivity index (χ0v) is 12.7. The zero-order valence-electron chi connectivity index (χ0n) is 12.7. The molecule has 1 fully saturated rings. The standard InChI is InChI=1S/C15H30O4/c1-10(15(17)11(2)9-16)5-6-13-8-14(18-4)7-12(3)19-13/h10-17H,5-9H2,1-4H3/t10-,11+,12-,13-,14+,15-/m0/s1. The van der Waals surface area contributed by atoms with E-state index in [2.05, 4.69) is 6.92 Å². The molecule has 1 rings (SSSR count). The molecule has 6 atom stereocenters. The van der Waals surface area contributed by atoms with E-state index in [0.29, 0.717) is 6.10 Å². The second-order valence-electron chi connectivity index (χ2n) is 6.10. The monoisotopic (exact) mass is 274 g/mol. The van der Waals surface area contributed by atoms with Crippen LogP contribution < -0.4 is 0 Å². The fourth-order valence-electron chi connectivity index (χ4n) is 2.87. The van der Waals surface area contributed by atoms with Crippen LogP contribution in [0.3, 0.4) is 0 Å². The minimum absolute atomic E-state index is 0.0359. The number of aliphatic hydroxyl groups is 2. The number of methoxy groups -OCH3 is 1. The summed E-state index contributed by atoms with van der Waals surface area (Å²) in [7, 11) is 1.76. The van der Waals surface area contributed by atoms with E-state index < -0.39 is 6.10 Å². The van der Waals surface area contributed by atoms with Gasteiger partial charge in [0.2, 0.25) is 0 Å². The Morgan fingerprint density at radius 3 is 2.53 bits per heavy atom. The summed E-state index contributed by atoms with van der Waals surface area (Å²) < 4.78 is 11.4. The van der Waals surface area contributed by atoms with Crippen molar-refractivity contribution in [3.8, 4) is 0 Å². The summed E-state index contributed by atoms with van der Waals surface area (Å²) in [6, 6.07) is 0. The largest absolute Gasteiger partial charge is 0.396 e. The molecular formula is C15H30O4. The van der Waals surface area contributed by atoms with Gasteiger partial charge in [-0.15, -0.1) is 0 Å². The minimum Gasteiger partial charge on any atom is -0.396 e. The van der Waals surface area contributed by atoms with Crippen molar-refractivity contribution in [2.24, 2.45) is 11.8 Å². The predicted molar refractivity (Wildman–Crippen MR) is 75.0 cm³/mol. The molecule has 0 aliphatic carbocycles. The average molecular weight is 274 g/mol. The lowest BCUT2D eigenvalue weighted by atomic mass is 9.88. The van der Waals surface area contributed by atoms with Gasteiger partial charge in [0, 0.05) is 19.6 Å². The third kappa shape index (κ3) is 5.38. The van der Waals surface area contributed by atoms with Gasteiger partial charge in [0.1, 0.15) is 0 Å². The third-order valence-electron chi connectivity index (χ3n) is 4.28. The molecule has 0 aromatic rings. The molecule has 19 heavy (non-hydrogen) atoms. The van der Waals surface area contributed by atoms with E-state index in [1.54, 1.807) is 7.11 Å².